The van der Waals surface area contributed by atoms with Gasteiger partial charge in [0, 0.05) is 38.0 Å². The molecular weight excluding hydrogens is 250 g/mol. The molecule has 2 heterocycles. The van der Waals surface area contributed by atoms with Crippen molar-refractivity contribution in [2.24, 2.45) is 0 Å². The third-order valence-corrected chi connectivity index (χ3v) is 3.78. The van der Waals surface area contributed by atoms with Gasteiger partial charge in [-0.15, -0.1) is 0 Å². The van der Waals surface area contributed by atoms with E-state index in [0.717, 1.165) is 26.2 Å². The summed E-state index contributed by atoms with van der Waals surface area (Å²) < 4.78 is 10.6. The summed E-state index contributed by atoms with van der Waals surface area (Å²) in [4.78, 5) is 15.6. The van der Waals surface area contributed by atoms with Crippen molar-refractivity contribution in [3.05, 3.63) is 10.1 Å². The second-order valence-corrected chi connectivity index (χ2v) is 5.53. The smallest absolute Gasteiger partial charge is 0.244 e. The van der Waals surface area contributed by atoms with Gasteiger partial charge in [-0.3, -0.25) is 19.9 Å². The van der Waals surface area contributed by atoms with Gasteiger partial charge in [-0.05, 0) is 0 Å². The van der Waals surface area contributed by atoms with Crippen LogP contribution in [0.25, 0.3) is 0 Å². The van der Waals surface area contributed by atoms with Crippen LogP contribution in [0.1, 0.15) is 6.92 Å². The molecule has 7 heteroatoms. The third-order valence-electron chi connectivity index (χ3n) is 3.78. The quantitative estimate of drug-likeness (QED) is 0.505. The fourth-order valence-corrected chi connectivity index (χ4v) is 2.65. The lowest BCUT2D eigenvalue weighted by atomic mass is 10.0. The van der Waals surface area contributed by atoms with Crippen molar-refractivity contribution in [3.63, 3.8) is 0 Å². The van der Waals surface area contributed by atoms with E-state index in [1.54, 1.807) is 6.92 Å². The largest absolute Gasteiger partial charge is 0.379 e. The van der Waals surface area contributed by atoms with Gasteiger partial charge in [-0.25, -0.2) is 0 Å². The summed E-state index contributed by atoms with van der Waals surface area (Å²) in [6.45, 7) is 8.55. The maximum absolute atomic E-state index is 11.5. The minimum atomic E-state index is -0.922. The number of nitro groups is 1. The monoisotopic (exact) mass is 273 g/mol. The highest BCUT2D eigenvalue weighted by atomic mass is 16.6. The van der Waals surface area contributed by atoms with E-state index < -0.39 is 5.54 Å². The van der Waals surface area contributed by atoms with Gasteiger partial charge in [-0.1, -0.05) is 0 Å². The number of ether oxygens (including phenoxy) is 2. The molecule has 0 aromatic rings. The average molecular weight is 273 g/mol. The second kappa shape index (κ2) is 6.60. The van der Waals surface area contributed by atoms with E-state index in [0.29, 0.717) is 39.5 Å². The highest BCUT2D eigenvalue weighted by molar-refractivity contribution is 4.84. The summed E-state index contributed by atoms with van der Waals surface area (Å²) >= 11 is 0. The van der Waals surface area contributed by atoms with Gasteiger partial charge in [0.15, 0.2) is 0 Å². The molecule has 2 fully saturated rings. The van der Waals surface area contributed by atoms with Gasteiger partial charge in [0.25, 0.3) is 0 Å². The molecule has 0 atom stereocenters. The molecule has 0 amide bonds. The molecule has 0 unspecified atom stereocenters. The summed E-state index contributed by atoms with van der Waals surface area (Å²) in [6.07, 6.45) is 0. The molecule has 2 saturated heterocycles. The van der Waals surface area contributed by atoms with Gasteiger partial charge >= 0.3 is 0 Å². The number of hydrogen-bond acceptors (Lipinski definition) is 6. The number of hydrogen-bond donors (Lipinski definition) is 0. The Balaban J connectivity index is 1.93. The van der Waals surface area contributed by atoms with Crippen molar-refractivity contribution in [2.75, 3.05) is 65.7 Å². The van der Waals surface area contributed by atoms with Crippen LogP contribution in [0.2, 0.25) is 0 Å². The molecule has 2 aliphatic heterocycles. The van der Waals surface area contributed by atoms with Crippen LogP contribution < -0.4 is 0 Å². The van der Waals surface area contributed by atoms with Crippen molar-refractivity contribution in [1.29, 1.82) is 0 Å². The first-order valence-electron chi connectivity index (χ1n) is 6.85. The zero-order valence-electron chi connectivity index (χ0n) is 11.5. The third kappa shape index (κ3) is 4.10. The van der Waals surface area contributed by atoms with Gasteiger partial charge < -0.3 is 9.47 Å². The lowest BCUT2D eigenvalue weighted by Gasteiger charge is -2.35. The van der Waals surface area contributed by atoms with E-state index in [-0.39, 0.29) is 4.92 Å². The van der Waals surface area contributed by atoms with Crippen molar-refractivity contribution in [1.82, 2.24) is 9.80 Å². The zero-order valence-corrected chi connectivity index (χ0v) is 11.5. The first kappa shape index (κ1) is 14.6. The molecule has 0 aromatic carbocycles. The van der Waals surface area contributed by atoms with Crippen LogP contribution in [0.5, 0.6) is 0 Å². The summed E-state index contributed by atoms with van der Waals surface area (Å²) in [5.41, 5.74) is -0.922. The Bertz CT molecular complexity index is 281. The van der Waals surface area contributed by atoms with Crippen molar-refractivity contribution < 1.29 is 14.4 Å². The Hall–Kier alpha value is -0.760. The van der Waals surface area contributed by atoms with Crippen LogP contribution in [0.15, 0.2) is 0 Å². The van der Waals surface area contributed by atoms with E-state index in [1.807, 2.05) is 0 Å². The minimum absolute atomic E-state index is 0.127. The van der Waals surface area contributed by atoms with E-state index >= 15 is 0 Å². The Morgan fingerprint density at radius 3 is 1.68 bits per heavy atom. The molecule has 2 aliphatic rings. The first-order valence-corrected chi connectivity index (χ1v) is 6.85. The van der Waals surface area contributed by atoms with Gasteiger partial charge in [-0.2, -0.15) is 0 Å². The molecule has 19 heavy (non-hydrogen) atoms. The number of rotatable bonds is 5. The maximum Gasteiger partial charge on any atom is 0.244 e. The lowest BCUT2D eigenvalue weighted by Crippen LogP contribution is -2.56. The van der Waals surface area contributed by atoms with Crippen molar-refractivity contribution in [2.45, 2.75) is 12.5 Å². The molecule has 0 aromatic heterocycles. The van der Waals surface area contributed by atoms with Crippen LogP contribution in [0.4, 0.5) is 0 Å². The molecule has 0 aliphatic carbocycles. The van der Waals surface area contributed by atoms with Gasteiger partial charge in [0.1, 0.15) is 0 Å². The zero-order chi connectivity index (χ0) is 13.7. The van der Waals surface area contributed by atoms with E-state index in [4.69, 9.17) is 9.47 Å². The van der Waals surface area contributed by atoms with Crippen molar-refractivity contribution in [3.8, 4) is 0 Å². The fraction of sp³-hybridized carbons (Fsp3) is 1.00. The summed E-state index contributed by atoms with van der Waals surface area (Å²) in [5, 5.41) is 11.5. The predicted octanol–water partition coefficient (Wildman–Crippen LogP) is -0.314. The Morgan fingerprint density at radius 2 is 1.37 bits per heavy atom. The summed E-state index contributed by atoms with van der Waals surface area (Å²) in [6, 6.07) is 0. The topological polar surface area (TPSA) is 68.1 Å². The summed E-state index contributed by atoms with van der Waals surface area (Å²) in [5.74, 6) is 0. The molecule has 7 nitrogen and oxygen atoms in total. The molecule has 0 spiro atoms. The Morgan fingerprint density at radius 1 is 1.00 bits per heavy atom. The lowest BCUT2D eigenvalue weighted by molar-refractivity contribution is -0.566. The van der Waals surface area contributed by atoms with E-state index in [9.17, 15) is 10.1 Å². The van der Waals surface area contributed by atoms with Crippen LogP contribution in [-0.4, -0.2) is 86.0 Å². The van der Waals surface area contributed by atoms with Crippen LogP contribution in [-0.2, 0) is 9.47 Å². The van der Waals surface area contributed by atoms with Crippen LogP contribution in [0, 0.1) is 10.1 Å². The maximum atomic E-state index is 11.5. The number of nitrogens with zero attached hydrogens (tertiary/aromatic N) is 3. The highest BCUT2D eigenvalue weighted by Crippen LogP contribution is 2.16. The van der Waals surface area contributed by atoms with E-state index in [1.165, 1.54) is 0 Å². The molecule has 0 saturated carbocycles. The fourth-order valence-electron chi connectivity index (χ4n) is 2.65. The standard InChI is InChI=1S/C12H23N3O4/c1-12(15(16)17,10-13-2-6-18-7-3-13)11-14-4-8-19-9-5-14/h2-11H2,1H3. The Labute approximate surface area is 113 Å². The highest BCUT2D eigenvalue weighted by Gasteiger charge is 2.41. The van der Waals surface area contributed by atoms with Crippen molar-refractivity contribution >= 4 is 0 Å². The molecule has 0 radical (unpaired) electrons. The molecule has 2 rings (SSSR count). The van der Waals surface area contributed by atoms with Gasteiger partial charge in [0.05, 0.1) is 39.5 Å². The molecule has 0 N–H and O–H groups in total. The average Bonchev–Trinajstić information content (AvgIpc) is 2.40. The van der Waals surface area contributed by atoms with Crippen LogP contribution in [0.3, 0.4) is 0 Å². The SMILES string of the molecule is CC(CN1CCOCC1)(CN1CCOCC1)[N+](=O)[O-]. The number of morpholine rings is 2. The van der Waals surface area contributed by atoms with E-state index in [2.05, 4.69) is 9.80 Å². The molecule has 110 valence electrons. The minimum Gasteiger partial charge on any atom is -0.379 e. The Kier molecular flexibility index (Phi) is 5.09. The van der Waals surface area contributed by atoms with Gasteiger partial charge in [0.2, 0.25) is 5.54 Å². The molecule has 0 bridgehead atoms. The molecular formula is C12H23N3O4. The van der Waals surface area contributed by atoms with Crippen LogP contribution >= 0.6 is 0 Å². The normalized spacial score (nSPS) is 23.4. The second-order valence-electron chi connectivity index (χ2n) is 5.53. The predicted molar refractivity (Wildman–Crippen MR) is 69.9 cm³/mol. The first-order chi connectivity index (χ1) is 9.10. The summed E-state index contributed by atoms with van der Waals surface area (Å²) in [7, 11) is 0.